The molecular formula is C21H30N4O2S. The summed E-state index contributed by atoms with van der Waals surface area (Å²) in [5, 5.41) is 31.3. The van der Waals surface area contributed by atoms with Gasteiger partial charge < -0.3 is 15.3 Å². The van der Waals surface area contributed by atoms with Crippen LogP contribution in [0.5, 0.6) is 5.75 Å². The van der Waals surface area contributed by atoms with Crippen molar-refractivity contribution in [2.75, 3.05) is 7.05 Å². The van der Waals surface area contributed by atoms with Crippen molar-refractivity contribution in [3.8, 4) is 5.75 Å². The number of hydrogen-bond donors (Lipinski definition) is 4. The number of Topliss-reactive ketones (excluding diaryl/α,β-unsaturated/α-hetero) is 1. The maximum atomic E-state index is 11.8. The van der Waals surface area contributed by atoms with Gasteiger partial charge in [-0.1, -0.05) is 0 Å². The highest BCUT2D eigenvalue weighted by molar-refractivity contribution is 8.26. The van der Waals surface area contributed by atoms with Crippen molar-refractivity contribution in [2.24, 2.45) is 0 Å². The van der Waals surface area contributed by atoms with Crippen molar-refractivity contribution in [3.05, 3.63) is 28.8 Å². The van der Waals surface area contributed by atoms with Gasteiger partial charge in [0.15, 0.2) is 11.0 Å². The van der Waals surface area contributed by atoms with Gasteiger partial charge in [-0.15, -0.1) is 0 Å². The standard InChI is InChI=1S/C21H30N4O2S/c1-20(2)10-13(11-21(3,4)24-20)25(5)19(23)28-18(22)15-8-12-6-7-16(26)14(12)9-17(15)27/h8-9,13,22-24,27H,6-7,10-11H2,1-5H3. The molecule has 0 bridgehead atoms. The molecule has 0 amide bonds. The number of carbonyl (C=O) groups is 1. The molecule has 0 aromatic heterocycles. The van der Waals surface area contributed by atoms with Gasteiger partial charge in [0, 0.05) is 41.7 Å². The third kappa shape index (κ3) is 4.25. The molecule has 0 atom stereocenters. The molecule has 1 aliphatic carbocycles. The molecule has 6 nitrogen and oxygen atoms in total. The molecule has 4 N–H and O–H groups in total. The van der Waals surface area contributed by atoms with Crippen molar-refractivity contribution in [1.82, 2.24) is 10.2 Å². The predicted molar refractivity (Wildman–Crippen MR) is 115 cm³/mol. The Hall–Kier alpha value is -1.86. The SMILES string of the molecule is CN(C(=N)SC(=N)c1cc2c(cc1O)C(=O)CC2)C1CC(C)(C)NC(C)(C)C1. The van der Waals surface area contributed by atoms with Crippen LogP contribution in [0.15, 0.2) is 12.1 Å². The van der Waals surface area contributed by atoms with Crippen LogP contribution in [0.3, 0.4) is 0 Å². The van der Waals surface area contributed by atoms with Gasteiger partial charge in [0.25, 0.3) is 0 Å². The normalized spacial score (nSPS) is 20.7. The molecule has 28 heavy (non-hydrogen) atoms. The van der Waals surface area contributed by atoms with E-state index >= 15 is 0 Å². The number of carbonyl (C=O) groups excluding carboxylic acids is 1. The van der Waals surface area contributed by atoms with Gasteiger partial charge in [-0.2, -0.15) is 0 Å². The first-order valence-corrected chi connectivity index (χ1v) is 10.5. The fourth-order valence-corrected chi connectivity index (χ4v) is 5.36. The lowest BCUT2D eigenvalue weighted by Gasteiger charge is -2.49. The minimum atomic E-state index is -0.0638. The number of phenolic OH excluding ortho intramolecular Hbond substituents is 1. The zero-order valence-electron chi connectivity index (χ0n) is 17.3. The summed E-state index contributed by atoms with van der Waals surface area (Å²) < 4.78 is 0. The number of nitrogens with one attached hydrogen (secondary N) is 3. The second kappa shape index (κ2) is 7.19. The first-order chi connectivity index (χ1) is 12.9. The summed E-state index contributed by atoms with van der Waals surface area (Å²) in [5.41, 5.74) is 1.78. The van der Waals surface area contributed by atoms with Crippen LogP contribution < -0.4 is 5.32 Å². The van der Waals surface area contributed by atoms with Gasteiger partial charge in [0.1, 0.15) is 10.8 Å². The van der Waals surface area contributed by atoms with E-state index in [1.54, 1.807) is 6.07 Å². The molecule has 1 heterocycles. The topological polar surface area (TPSA) is 100 Å². The van der Waals surface area contributed by atoms with E-state index in [-0.39, 0.29) is 33.7 Å². The second-order valence-electron chi connectivity index (χ2n) is 9.25. The van der Waals surface area contributed by atoms with E-state index in [9.17, 15) is 9.90 Å². The van der Waals surface area contributed by atoms with Crippen LogP contribution in [0.1, 0.15) is 68.4 Å². The van der Waals surface area contributed by atoms with E-state index in [1.165, 1.54) is 6.07 Å². The lowest BCUT2D eigenvalue weighted by Crippen LogP contribution is -2.62. The monoisotopic (exact) mass is 402 g/mol. The number of thioether (sulfide) groups is 1. The smallest absolute Gasteiger partial charge is 0.163 e. The van der Waals surface area contributed by atoms with Crippen LogP contribution >= 0.6 is 11.8 Å². The van der Waals surface area contributed by atoms with Crippen molar-refractivity contribution in [3.63, 3.8) is 0 Å². The Labute approximate surface area is 171 Å². The van der Waals surface area contributed by atoms with Gasteiger partial charge in [-0.25, -0.2) is 0 Å². The zero-order chi connectivity index (χ0) is 20.9. The van der Waals surface area contributed by atoms with Crippen LogP contribution in [0.2, 0.25) is 0 Å². The third-order valence-corrected chi connectivity index (χ3v) is 6.53. The van der Waals surface area contributed by atoms with Gasteiger partial charge in [-0.05, 0) is 76.4 Å². The van der Waals surface area contributed by atoms with E-state index in [0.717, 1.165) is 30.2 Å². The first kappa shape index (κ1) is 20.9. The molecule has 0 saturated carbocycles. The van der Waals surface area contributed by atoms with Gasteiger partial charge in [-0.3, -0.25) is 15.6 Å². The van der Waals surface area contributed by atoms with Crippen molar-refractivity contribution in [1.29, 1.82) is 10.8 Å². The number of fused-ring (bicyclic) bond motifs is 1. The Morgan fingerprint density at radius 3 is 2.39 bits per heavy atom. The highest BCUT2D eigenvalue weighted by Gasteiger charge is 2.40. The fraction of sp³-hybridized carbons (Fsp3) is 0.571. The van der Waals surface area contributed by atoms with Crippen molar-refractivity contribution in [2.45, 2.75) is 70.5 Å². The molecule has 0 spiro atoms. The van der Waals surface area contributed by atoms with Crippen LogP contribution in [0, 0.1) is 10.8 Å². The Bertz CT molecular complexity index is 831. The van der Waals surface area contributed by atoms with E-state index in [4.69, 9.17) is 10.8 Å². The summed E-state index contributed by atoms with van der Waals surface area (Å²) in [5.74, 6) is -0.0225. The summed E-state index contributed by atoms with van der Waals surface area (Å²) in [6.45, 7) is 8.71. The first-order valence-electron chi connectivity index (χ1n) is 9.65. The van der Waals surface area contributed by atoms with Gasteiger partial charge in [0.05, 0.1) is 0 Å². The molecule has 7 heteroatoms. The van der Waals surface area contributed by atoms with Crippen molar-refractivity contribution < 1.29 is 9.90 Å². The lowest BCUT2D eigenvalue weighted by molar-refractivity contribution is 0.0994. The average Bonchev–Trinajstić information content (AvgIpc) is 2.90. The number of nitrogens with zero attached hydrogens (tertiary/aromatic N) is 1. The number of phenols is 1. The van der Waals surface area contributed by atoms with Crippen molar-refractivity contribution >= 4 is 27.8 Å². The number of ketones is 1. The van der Waals surface area contributed by atoms with E-state index < -0.39 is 0 Å². The minimum Gasteiger partial charge on any atom is -0.507 e. The summed E-state index contributed by atoms with van der Waals surface area (Å²) in [6, 6.07) is 3.40. The molecule has 1 aromatic rings. The summed E-state index contributed by atoms with van der Waals surface area (Å²) in [4.78, 5) is 13.8. The highest BCUT2D eigenvalue weighted by Crippen LogP contribution is 2.34. The Kier molecular flexibility index (Phi) is 5.36. The fourth-order valence-electron chi connectivity index (χ4n) is 4.60. The van der Waals surface area contributed by atoms with Crippen LogP contribution in [-0.4, -0.2) is 50.2 Å². The molecule has 2 aliphatic rings. The largest absolute Gasteiger partial charge is 0.507 e. The molecule has 152 valence electrons. The lowest BCUT2D eigenvalue weighted by atomic mass is 9.79. The molecule has 3 rings (SSSR count). The summed E-state index contributed by atoms with van der Waals surface area (Å²) in [6.07, 6.45) is 2.93. The van der Waals surface area contributed by atoms with Crippen LogP contribution in [0.4, 0.5) is 0 Å². The Morgan fingerprint density at radius 1 is 1.18 bits per heavy atom. The maximum Gasteiger partial charge on any atom is 0.163 e. The van der Waals surface area contributed by atoms with Crippen LogP contribution in [0.25, 0.3) is 0 Å². The number of aromatic hydroxyl groups is 1. The van der Waals surface area contributed by atoms with E-state index in [0.29, 0.717) is 29.1 Å². The quantitative estimate of drug-likeness (QED) is 0.446. The van der Waals surface area contributed by atoms with E-state index in [2.05, 4.69) is 33.0 Å². The zero-order valence-corrected chi connectivity index (χ0v) is 18.1. The predicted octanol–water partition coefficient (Wildman–Crippen LogP) is 3.76. The minimum absolute atomic E-state index is 0.0239. The van der Waals surface area contributed by atoms with Gasteiger partial charge >= 0.3 is 0 Å². The number of piperidine rings is 1. The molecule has 1 aliphatic heterocycles. The third-order valence-electron chi connectivity index (χ3n) is 5.62. The van der Waals surface area contributed by atoms with Gasteiger partial charge in [0.2, 0.25) is 0 Å². The molecule has 1 fully saturated rings. The highest BCUT2D eigenvalue weighted by atomic mass is 32.2. The van der Waals surface area contributed by atoms with E-state index in [1.807, 2.05) is 11.9 Å². The summed E-state index contributed by atoms with van der Waals surface area (Å²) >= 11 is 1.04. The maximum absolute atomic E-state index is 11.8. The Morgan fingerprint density at radius 2 is 1.79 bits per heavy atom. The second-order valence-corrected chi connectivity index (χ2v) is 10.3. The molecule has 1 aromatic carbocycles. The Balaban J connectivity index is 1.72. The number of hydrogen-bond acceptors (Lipinski definition) is 6. The number of aryl methyl sites for hydroxylation is 1. The number of benzene rings is 1. The molecule has 0 unspecified atom stereocenters. The average molecular weight is 403 g/mol. The summed E-state index contributed by atoms with van der Waals surface area (Å²) in [7, 11) is 1.91. The van der Waals surface area contributed by atoms with Crippen LogP contribution in [-0.2, 0) is 6.42 Å². The number of amidine groups is 1. The molecule has 0 radical (unpaired) electrons. The number of rotatable bonds is 2. The molecular weight excluding hydrogens is 372 g/mol. The molecule has 1 saturated heterocycles.